The molecular formula is C12H12ClFN2O2S2. The lowest BCUT2D eigenvalue weighted by molar-refractivity contribution is 0.559. The van der Waals surface area contributed by atoms with Crippen molar-refractivity contribution < 1.29 is 12.8 Å². The van der Waals surface area contributed by atoms with Crippen LogP contribution in [0.3, 0.4) is 0 Å². The zero-order chi connectivity index (χ0) is 14.8. The van der Waals surface area contributed by atoms with Gasteiger partial charge in [-0.2, -0.15) is 0 Å². The van der Waals surface area contributed by atoms with E-state index in [2.05, 4.69) is 4.72 Å². The first-order valence-electron chi connectivity index (χ1n) is 5.67. The van der Waals surface area contributed by atoms with Crippen LogP contribution >= 0.6 is 22.9 Å². The van der Waals surface area contributed by atoms with Crippen LogP contribution in [-0.4, -0.2) is 15.0 Å². The largest absolute Gasteiger partial charge is 0.396 e. The van der Waals surface area contributed by atoms with E-state index in [1.807, 2.05) is 17.5 Å². The molecule has 0 aliphatic heterocycles. The van der Waals surface area contributed by atoms with Crippen molar-refractivity contribution in [1.82, 2.24) is 4.72 Å². The number of nitrogens with one attached hydrogen (secondary N) is 1. The number of rotatable bonds is 5. The number of nitrogen functional groups attached to an aromatic ring is 1. The molecule has 3 N–H and O–H groups in total. The number of hydrogen-bond donors (Lipinski definition) is 2. The van der Waals surface area contributed by atoms with Gasteiger partial charge in [0.15, 0.2) is 5.82 Å². The van der Waals surface area contributed by atoms with Crippen molar-refractivity contribution in [3.8, 4) is 0 Å². The molecule has 8 heteroatoms. The predicted octanol–water partition coefficient (Wildman–Crippen LogP) is 2.64. The van der Waals surface area contributed by atoms with Gasteiger partial charge in [-0.05, 0) is 30.0 Å². The molecule has 0 spiro atoms. The Morgan fingerprint density at radius 3 is 2.80 bits per heavy atom. The molecule has 1 aromatic heterocycles. The highest BCUT2D eigenvalue weighted by molar-refractivity contribution is 7.89. The van der Waals surface area contributed by atoms with Gasteiger partial charge in [0.05, 0.1) is 5.69 Å². The topological polar surface area (TPSA) is 72.2 Å². The van der Waals surface area contributed by atoms with Crippen molar-refractivity contribution in [2.45, 2.75) is 11.3 Å². The lowest BCUT2D eigenvalue weighted by Crippen LogP contribution is -2.27. The smallest absolute Gasteiger partial charge is 0.243 e. The fourth-order valence-corrected chi connectivity index (χ4v) is 3.78. The maximum absolute atomic E-state index is 13.8. The van der Waals surface area contributed by atoms with Gasteiger partial charge in [0, 0.05) is 16.4 Å². The van der Waals surface area contributed by atoms with Gasteiger partial charge in [0.1, 0.15) is 4.90 Å². The second kappa shape index (κ2) is 6.09. The van der Waals surface area contributed by atoms with Gasteiger partial charge in [0.2, 0.25) is 10.0 Å². The molecule has 0 bridgehead atoms. The Kier molecular flexibility index (Phi) is 4.64. The molecule has 2 aromatic rings. The minimum atomic E-state index is -3.97. The third-order valence-electron chi connectivity index (χ3n) is 2.57. The highest BCUT2D eigenvalue weighted by atomic mass is 35.5. The van der Waals surface area contributed by atoms with Crippen LogP contribution in [0.5, 0.6) is 0 Å². The molecule has 0 saturated carbocycles. The summed E-state index contributed by atoms with van der Waals surface area (Å²) >= 11 is 7.23. The Morgan fingerprint density at radius 2 is 2.15 bits per heavy atom. The van der Waals surface area contributed by atoms with Crippen LogP contribution in [0.15, 0.2) is 34.5 Å². The van der Waals surface area contributed by atoms with Crippen LogP contribution in [0.25, 0.3) is 0 Å². The van der Waals surface area contributed by atoms with E-state index in [1.165, 1.54) is 17.4 Å². The fourth-order valence-electron chi connectivity index (χ4n) is 1.62. The maximum Gasteiger partial charge on any atom is 0.243 e. The van der Waals surface area contributed by atoms with Crippen molar-refractivity contribution in [3.05, 3.63) is 45.4 Å². The molecule has 0 radical (unpaired) electrons. The number of benzene rings is 1. The Morgan fingerprint density at radius 1 is 1.40 bits per heavy atom. The first-order valence-corrected chi connectivity index (χ1v) is 8.41. The number of sulfonamides is 1. The molecule has 0 aliphatic rings. The first kappa shape index (κ1) is 15.2. The van der Waals surface area contributed by atoms with E-state index in [4.69, 9.17) is 17.3 Å². The Hall–Kier alpha value is -1.15. The van der Waals surface area contributed by atoms with Crippen LogP contribution in [0.4, 0.5) is 10.1 Å². The third-order valence-corrected chi connectivity index (χ3v) is 5.18. The quantitative estimate of drug-likeness (QED) is 0.826. The Balaban J connectivity index is 2.14. The van der Waals surface area contributed by atoms with Crippen molar-refractivity contribution in [2.75, 3.05) is 12.3 Å². The van der Waals surface area contributed by atoms with Crippen LogP contribution < -0.4 is 10.5 Å². The standard InChI is InChI=1S/C12H12ClFN2O2S2/c13-8-6-10(15)12(14)11(7-8)20(17,18)16-4-3-9-2-1-5-19-9/h1-2,5-7,16H,3-4,15H2. The van der Waals surface area contributed by atoms with Crippen LogP contribution in [0.2, 0.25) is 5.02 Å². The van der Waals surface area contributed by atoms with E-state index < -0.39 is 20.7 Å². The average Bonchev–Trinajstić information content (AvgIpc) is 2.86. The molecule has 20 heavy (non-hydrogen) atoms. The highest BCUT2D eigenvalue weighted by Crippen LogP contribution is 2.25. The summed E-state index contributed by atoms with van der Waals surface area (Å²) < 4.78 is 40.2. The van der Waals surface area contributed by atoms with E-state index in [0.29, 0.717) is 6.42 Å². The molecule has 1 heterocycles. The summed E-state index contributed by atoms with van der Waals surface area (Å²) in [6.07, 6.45) is 0.536. The molecule has 0 unspecified atom stereocenters. The summed E-state index contributed by atoms with van der Waals surface area (Å²) in [5, 5.41) is 1.98. The second-order valence-corrected chi connectivity index (χ2v) is 7.24. The summed E-state index contributed by atoms with van der Waals surface area (Å²) in [4.78, 5) is 0.507. The number of halogens is 2. The lowest BCUT2D eigenvalue weighted by atomic mass is 10.3. The average molecular weight is 335 g/mol. The number of anilines is 1. The summed E-state index contributed by atoms with van der Waals surface area (Å²) in [7, 11) is -3.97. The third kappa shape index (κ3) is 3.49. The van der Waals surface area contributed by atoms with Gasteiger partial charge in [0.25, 0.3) is 0 Å². The molecule has 0 amide bonds. The Bertz CT molecular complexity index is 702. The second-order valence-electron chi connectivity index (χ2n) is 4.03. The highest BCUT2D eigenvalue weighted by Gasteiger charge is 2.21. The van der Waals surface area contributed by atoms with Crippen LogP contribution in [0.1, 0.15) is 4.88 Å². The zero-order valence-corrected chi connectivity index (χ0v) is 12.7. The number of nitrogens with two attached hydrogens (primary N) is 1. The maximum atomic E-state index is 13.8. The number of hydrogen-bond acceptors (Lipinski definition) is 4. The molecule has 1 aromatic carbocycles. The molecule has 0 atom stereocenters. The molecule has 4 nitrogen and oxygen atoms in total. The summed E-state index contributed by atoms with van der Waals surface area (Å²) in [6, 6.07) is 5.99. The van der Waals surface area contributed by atoms with E-state index >= 15 is 0 Å². The van der Waals surface area contributed by atoms with Crippen molar-refractivity contribution in [3.63, 3.8) is 0 Å². The van der Waals surface area contributed by atoms with Gasteiger partial charge in [-0.25, -0.2) is 17.5 Å². The zero-order valence-electron chi connectivity index (χ0n) is 10.3. The molecule has 0 aliphatic carbocycles. The van der Waals surface area contributed by atoms with Gasteiger partial charge < -0.3 is 5.73 Å². The van der Waals surface area contributed by atoms with Gasteiger partial charge >= 0.3 is 0 Å². The van der Waals surface area contributed by atoms with Gasteiger partial charge in [-0.15, -0.1) is 11.3 Å². The van der Waals surface area contributed by atoms with Gasteiger partial charge in [-0.3, -0.25) is 0 Å². The summed E-state index contributed by atoms with van der Waals surface area (Å²) in [5.74, 6) is -0.988. The van der Waals surface area contributed by atoms with E-state index in [0.717, 1.165) is 10.9 Å². The van der Waals surface area contributed by atoms with E-state index in [9.17, 15) is 12.8 Å². The van der Waals surface area contributed by atoms with Crippen LogP contribution in [-0.2, 0) is 16.4 Å². The fraction of sp³-hybridized carbons (Fsp3) is 0.167. The van der Waals surface area contributed by atoms with Crippen LogP contribution in [0, 0.1) is 5.82 Å². The molecular weight excluding hydrogens is 323 g/mol. The van der Waals surface area contributed by atoms with E-state index in [1.54, 1.807) is 0 Å². The first-order chi connectivity index (χ1) is 9.40. The lowest BCUT2D eigenvalue weighted by Gasteiger charge is -2.09. The van der Waals surface area contributed by atoms with Crippen molar-refractivity contribution in [2.24, 2.45) is 0 Å². The monoisotopic (exact) mass is 334 g/mol. The van der Waals surface area contributed by atoms with Gasteiger partial charge in [-0.1, -0.05) is 17.7 Å². The normalized spacial score (nSPS) is 11.7. The SMILES string of the molecule is Nc1cc(Cl)cc(S(=O)(=O)NCCc2cccs2)c1F. The van der Waals surface area contributed by atoms with Crippen molar-refractivity contribution >= 4 is 38.6 Å². The minimum Gasteiger partial charge on any atom is -0.396 e. The Labute approximate surface area is 125 Å². The molecule has 108 valence electrons. The molecule has 2 rings (SSSR count). The minimum absolute atomic E-state index is 0.0718. The molecule has 0 saturated heterocycles. The summed E-state index contributed by atoms with van der Waals surface area (Å²) in [6.45, 7) is 0.175. The molecule has 0 fully saturated rings. The number of thiophene rings is 1. The summed E-state index contributed by atoms with van der Waals surface area (Å²) in [5.41, 5.74) is 5.08. The van der Waals surface area contributed by atoms with E-state index in [-0.39, 0.29) is 17.3 Å². The predicted molar refractivity (Wildman–Crippen MR) is 79.0 cm³/mol. The van der Waals surface area contributed by atoms with Crippen molar-refractivity contribution in [1.29, 1.82) is 0 Å².